The molecule has 0 spiro atoms. The lowest BCUT2D eigenvalue weighted by molar-refractivity contribution is -0.154. The Morgan fingerprint density at radius 2 is 1.93 bits per heavy atom. The average molecular weight is 396 g/mol. The quantitative estimate of drug-likeness (QED) is 0.600. The zero-order chi connectivity index (χ0) is 19.9. The minimum absolute atomic E-state index is 0.00198. The van der Waals surface area contributed by atoms with E-state index in [4.69, 9.17) is 4.74 Å². The number of hydrogen-bond donors (Lipinski definition) is 0. The smallest absolute Gasteiger partial charge is 0.313 e. The van der Waals surface area contributed by atoms with E-state index in [1.807, 2.05) is 44.2 Å². The van der Waals surface area contributed by atoms with Crippen molar-refractivity contribution < 1.29 is 22.7 Å². The normalized spacial score (nSPS) is 19.4. The first-order chi connectivity index (χ1) is 12.9. The summed E-state index contributed by atoms with van der Waals surface area (Å²) in [4.78, 5) is 26.7. The number of sulfone groups is 1. The lowest BCUT2D eigenvalue weighted by atomic mass is 9.97. The molecule has 27 heavy (non-hydrogen) atoms. The van der Waals surface area contributed by atoms with E-state index in [2.05, 4.69) is 0 Å². The van der Waals surface area contributed by atoms with Gasteiger partial charge in [-0.1, -0.05) is 50.6 Å². The van der Waals surface area contributed by atoms with Crippen LogP contribution in [0.3, 0.4) is 0 Å². The summed E-state index contributed by atoms with van der Waals surface area (Å²) < 4.78 is 28.8. The highest BCUT2D eigenvalue weighted by molar-refractivity contribution is 7.91. The highest BCUT2D eigenvalue weighted by Crippen LogP contribution is 2.22. The predicted molar refractivity (Wildman–Crippen MR) is 104 cm³/mol. The standard InChI is InChI=1S/C20H29NO5S/c1-3-5-12-21(17-11-13-27(24,25)15-17)19(22)14-26-20(23)18(4-2)16-9-7-6-8-10-16/h6-10,17-18H,3-5,11-15H2,1-2H3. The molecule has 1 aliphatic rings. The Balaban J connectivity index is 1.98. The number of rotatable bonds is 9. The van der Waals surface area contributed by atoms with Gasteiger partial charge in [0.15, 0.2) is 16.4 Å². The van der Waals surface area contributed by atoms with Gasteiger partial charge < -0.3 is 9.64 Å². The van der Waals surface area contributed by atoms with Crippen LogP contribution in [0.5, 0.6) is 0 Å². The van der Waals surface area contributed by atoms with Crippen LogP contribution < -0.4 is 0 Å². The van der Waals surface area contributed by atoms with Gasteiger partial charge in [-0.3, -0.25) is 9.59 Å². The van der Waals surface area contributed by atoms with Gasteiger partial charge in [0.1, 0.15) is 0 Å². The van der Waals surface area contributed by atoms with Crippen molar-refractivity contribution in [1.82, 2.24) is 4.90 Å². The molecule has 2 rings (SSSR count). The second-order valence-electron chi connectivity index (χ2n) is 6.98. The Morgan fingerprint density at radius 1 is 1.22 bits per heavy atom. The van der Waals surface area contributed by atoms with Crippen LogP contribution in [0.1, 0.15) is 51.0 Å². The summed E-state index contributed by atoms with van der Waals surface area (Å²) in [5.41, 5.74) is 0.863. The number of benzene rings is 1. The van der Waals surface area contributed by atoms with E-state index < -0.39 is 21.7 Å². The fraction of sp³-hybridized carbons (Fsp3) is 0.600. The average Bonchev–Trinajstić information content (AvgIpc) is 3.01. The fourth-order valence-electron chi connectivity index (χ4n) is 3.40. The van der Waals surface area contributed by atoms with Crippen LogP contribution in [0.2, 0.25) is 0 Å². The summed E-state index contributed by atoms with van der Waals surface area (Å²) >= 11 is 0. The van der Waals surface area contributed by atoms with Gasteiger partial charge in [-0.25, -0.2) is 8.42 Å². The molecule has 0 radical (unpaired) electrons. The number of carbonyl (C=O) groups is 2. The molecule has 2 unspecified atom stereocenters. The van der Waals surface area contributed by atoms with Crippen molar-refractivity contribution in [2.45, 2.75) is 51.5 Å². The zero-order valence-corrected chi connectivity index (χ0v) is 16.9. The van der Waals surface area contributed by atoms with Gasteiger partial charge in [-0.05, 0) is 24.8 Å². The minimum Gasteiger partial charge on any atom is -0.455 e. The van der Waals surface area contributed by atoms with Crippen molar-refractivity contribution in [2.75, 3.05) is 24.7 Å². The molecular weight excluding hydrogens is 366 g/mol. The van der Waals surface area contributed by atoms with Crippen LogP contribution in [0.25, 0.3) is 0 Å². The zero-order valence-electron chi connectivity index (χ0n) is 16.1. The second-order valence-corrected chi connectivity index (χ2v) is 9.21. The molecule has 1 aromatic rings. The Hall–Kier alpha value is -1.89. The molecule has 0 bridgehead atoms. The molecular formula is C20H29NO5S. The summed E-state index contributed by atoms with van der Waals surface area (Å²) in [6.07, 6.45) is 2.72. The summed E-state index contributed by atoms with van der Waals surface area (Å²) in [5, 5.41) is 0. The van der Waals surface area contributed by atoms with Crippen molar-refractivity contribution in [3.63, 3.8) is 0 Å². The third-order valence-corrected chi connectivity index (χ3v) is 6.71. The van der Waals surface area contributed by atoms with E-state index in [0.29, 0.717) is 19.4 Å². The van der Waals surface area contributed by atoms with Crippen molar-refractivity contribution in [2.24, 2.45) is 0 Å². The van der Waals surface area contributed by atoms with Crippen LogP contribution >= 0.6 is 0 Å². The van der Waals surface area contributed by atoms with E-state index in [-0.39, 0.29) is 30.1 Å². The Morgan fingerprint density at radius 3 is 2.48 bits per heavy atom. The van der Waals surface area contributed by atoms with Crippen molar-refractivity contribution in [3.05, 3.63) is 35.9 Å². The molecule has 1 aliphatic heterocycles. The minimum atomic E-state index is -3.09. The Labute approximate surface area is 161 Å². The highest BCUT2D eigenvalue weighted by atomic mass is 32.2. The highest BCUT2D eigenvalue weighted by Gasteiger charge is 2.34. The lowest BCUT2D eigenvalue weighted by Gasteiger charge is -2.28. The van der Waals surface area contributed by atoms with Crippen LogP contribution in [0.4, 0.5) is 0 Å². The third-order valence-electron chi connectivity index (χ3n) is 4.95. The molecule has 150 valence electrons. The van der Waals surface area contributed by atoms with Crippen molar-refractivity contribution in [1.29, 1.82) is 0 Å². The topological polar surface area (TPSA) is 80.8 Å². The van der Waals surface area contributed by atoms with Crippen molar-refractivity contribution >= 4 is 21.7 Å². The molecule has 0 aliphatic carbocycles. The summed E-state index contributed by atoms with van der Waals surface area (Å²) in [5.74, 6) is -1.04. The maximum absolute atomic E-state index is 12.7. The fourth-order valence-corrected chi connectivity index (χ4v) is 5.13. The number of hydrogen-bond acceptors (Lipinski definition) is 5. The second kappa shape index (κ2) is 9.88. The molecule has 6 nitrogen and oxygen atoms in total. The van der Waals surface area contributed by atoms with Crippen molar-refractivity contribution in [3.8, 4) is 0 Å². The molecule has 1 heterocycles. The number of unbranched alkanes of at least 4 members (excludes halogenated alkanes) is 1. The van der Waals surface area contributed by atoms with Crippen LogP contribution in [-0.2, 0) is 24.2 Å². The van der Waals surface area contributed by atoms with E-state index in [0.717, 1.165) is 18.4 Å². The Bertz CT molecular complexity index is 732. The van der Waals surface area contributed by atoms with E-state index in [1.165, 1.54) is 0 Å². The van der Waals surface area contributed by atoms with Crippen LogP contribution in [0.15, 0.2) is 30.3 Å². The summed E-state index contributed by atoms with van der Waals surface area (Å²) in [6.45, 7) is 4.06. The van der Waals surface area contributed by atoms with Gasteiger partial charge in [-0.15, -0.1) is 0 Å². The summed E-state index contributed by atoms with van der Waals surface area (Å²) in [7, 11) is -3.09. The predicted octanol–water partition coefficient (Wildman–Crippen LogP) is 2.54. The molecule has 2 atom stereocenters. The number of amides is 1. The molecule has 0 aromatic heterocycles. The van der Waals surface area contributed by atoms with Gasteiger partial charge in [-0.2, -0.15) is 0 Å². The molecule has 1 saturated heterocycles. The van der Waals surface area contributed by atoms with Crippen LogP contribution in [0, 0.1) is 0 Å². The van der Waals surface area contributed by atoms with E-state index in [1.54, 1.807) is 4.90 Å². The van der Waals surface area contributed by atoms with Gasteiger partial charge in [0.05, 0.1) is 17.4 Å². The number of ether oxygens (including phenoxy) is 1. The van der Waals surface area contributed by atoms with Gasteiger partial charge >= 0.3 is 5.97 Å². The monoisotopic (exact) mass is 395 g/mol. The SMILES string of the molecule is CCCCN(C(=O)COC(=O)C(CC)c1ccccc1)C1CCS(=O)(=O)C1. The first-order valence-electron chi connectivity index (χ1n) is 9.59. The summed E-state index contributed by atoms with van der Waals surface area (Å²) in [6, 6.07) is 9.03. The third kappa shape index (κ3) is 6.06. The van der Waals surface area contributed by atoms with Gasteiger partial charge in [0.25, 0.3) is 5.91 Å². The molecule has 0 N–H and O–H groups in total. The van der Waals surface area contributed by atoms with Crippen LogP contribution in [-0.4, -0.2) is 55.9 Å². The maximum atomic E-state index is 12.7. The molecule has 1 fully saturated rings. The van der Waals surface area contributed by atoms with Gasteiger partial charge in [0, 0.05) is 12.6 Å². The molecule has 1 aromatic carbocycles. The lowest BCUT2D eigenvalue weighted by Crippen LogP contribution is -2.44. The Kier molecular flexibility index (Phi) is 7.83. The van der Waals surface area contributed by atoms with Gasteiger partial charge in [0.2, 0.25) is 0 Å². The van der Waals surface area contributed by atoms with E-state index >= 15 is 0 Å². The number of esters is 1. The maximum Gasteiger partial charge on any atom is 0.313 e. The molecule has 7 heteroatoms. The number of carbonyl (C=O) groups excluding carboxylic acids is 2. The first kappa shape index (κ1) is 21.4. The number of nitrogens with zero attached hydrogens (tertiary/aromatic N) is 1. The first-order valence-corrected chi connectivity index (χ1v) is 11.4. The molecule has 1 amide bonds. The molecule has 0 saturated carbocycles. The largest absolute Gasteiger partial charge is 0.455 e. The van der Waals surface area contributed by atoms with E-state index in [9.17, 15) is 18.0 Å².